The Morgan fingerprint density at radius 3 is 2.33 bits per heavy atom. The SMILES string of the molecule is CCCNC(CCN1CCCCC1)c1cc(C)cc(C)c1. The molecule has 2 heteroatoms. The van der Waals surface area contributed by atoms with Gasteiger partial charge in [0.05, 0.1) is 0 Å². The van der Waals surface area contributed by atoms with Crippen LogP contribution < -0.4 is 5.32 Å². The van der Waals surface area contributed by atoms with Crippen molar-refractivity contribution in [1.82, 2.24) is 10.2 Å². The largest absolute Gasteiger partial charge is 0.310 e. The Morgan fingerprint density at radius 1 is 1.05 bits per heavy atom. The second-order valence-electron chi connectivity index (χ2n) is 6.62. The summed E-state index contributed by atoms with van der Waals surface area (Å²) in [4.78, 5) is 2.65. The Bertz CT molecular complexity index is 401. The first-order valence-corrected chi connectivity index (χ1v) is 8.73. The van der Waals surface area contributed by atoms with Crippen LogP contribution in [0.25, 0.3) is 0 Å². The molecule has 2 nitrogen and oxygen atoms in total. The zero-order valence-corrected chi connectivity index (χ0v) is 14.1. The van der Waals surface area contributed by atoms with Gasteiger partial charge in [0.15, 0.2) is 0 Å². The fourth-order valence-corrected chi connectivity index (χ4v) is 3.41. The lowest BCUT2D eigenvalue weighted by Gasteiger charge is -2.29. The van der Waals surface area contributed by atoms with E-state index >= 15 is 0 Å². The number of hydrogen-bond donors (Lipinski definition) is 1. The van der Waals surface area contributed by atoms with Gasteiger partial charge in [-0.2, -0.15) is 0 Å². The van der Waals surface area contributed by atoms with E-state index in [4.69, 9.17) is 0 Å². The van der Waals surface area contributed by atoms with E-state index < -0.39 is 0 Å². The number of nitrogens with zero attached hydrogens (tertiary/aromatic N) is 1. The molecular formula is C19H32N2. The third-order valence-electron chi connectivity index (χ3n) is 4.47. The van der Waals surface area contributed by atoms with Gasteiger partial charge >= 0.3 is 0 Å². The predicted octanol–water partition coefficient (Wildman–Crippen LogP) is 4.22. The zero-order valence-electron chi connectivity index (χ0n) is 14.1. The topological polar surface area (TPSA) is 15.3 Å². The van der Waals surface area contributed by atoms with Gasteiger partial charge in [0, 0.05) is 6.04 Å². The minimum atomic E-state index is 0.505. The van der Waals surface area contributed by atoms with E-state index in [1.807, 2.05) is 0 Å². The minimum Gasteiger partial charge on any atom is -0.310 e. The summed E-state index contributed by atoms with van der Waals surface area (Å²) in [5.41, 5.74) is 4.23. The monoisotopic (exact) mass is 288 g/mol. The van der Waals surface area contributed by atoms with Gasteiger partial charge in [-0.05, 0) is 71.3 Å². The number of benzene rings is 1. The Kier molecular flexibility index (Phi) is 6.72. The Morgan fingerprint density at radius 2 is 1.71 bits per heavy atom. The van der Waals surface area contributed by atoms with E-state index in [0.717, 1.165) is 6.54 Å². The molecule has 1 saturated heterocycles. The Labute approximate surface area is 130 Å². The smallest absolute Gasteiger partial charge is 0.0332 e. The van der Waals surface area contributed by atoms with Crippen LogP contribution in [0.2, 0.25) is 0 Å². The zero-order chi connectivity index (χ0) is 15.1. The van der Waals surface area contributed by atoms with Gasteiger partial charge in [0.25, 0.3) is 0 Å². The van der Waals surface area contributed by atoms with Gasteiger partial charge in [-0.1, -0.05) is 42.7 Å². The second kappa shape index (κ2) is 8.55. The van der Waals surface area contributed by atoms with Gasteiger partial charge in [-0.15, -0.1) is 0 Å². The summed E-state index contributed by atoms with van der Waals surface area (Å²) in [7, 11) is 0. The van der Waals surface area contributed by atoms with Gasteiger partial charge in [0.1, 0.15) is 0 Å². The van der Waals surface area contributed by atoms with Crippen LogP contribution in [0.15, 0.2) is 18.2 Å². The van der Waals surface area contributed by atoms with Crippen molar-refractivity contribution in [3.63, 3.8) is 0 Å². The molecule has 1 atom stereocenters. The van der Waals surface area contributed by atoms with Crippen LogP contribution in [0.1, 0.15) is 61.8 Å². The maximum atomic E-state index is 3.75. The third kappa shape index (κ3) is 5.44. The van der Waals surface area contributed by atoms with Crippen molar-refractivity contribution in [2.75, 3.05) is 26.2 Å². The van der Waals surface area contributed by atoms with E-state index in [1.165, 1.54) is 68.4 Å². The molecule has 1 fully saturated rings. The first-order chi connectivity index (χ1) is 10.2. The summed E-state index contributed by atoms with van der Waals surface area (Å²) in [5.74, 6) is 0. The molecule has 1 N–H and O–H groups in total. The van der Waals surface area contributed by atoms with Crippen molar-refractivity contribution in [3.8, 4) is 0 Å². The van der Waals surface area contributed by atoms with Gasteiger partial charge < -0.3 is 10.2 Å². The van der Waals surface area contributed by atoms with E-state index in [2.05, 4.69) is 49.2 Å². The molecule has 0 bridgehead atoms. The fourth-order valence-electron chi connectivity index (χ4n) is 3.41. The third-order valence-corrected chi connectivity index (χ3v) is 4.47. The minimum absolute atomic E-state index is 0.505. The molecule has 0 aliphatic carbocycles. The highest BCUT2D eigenvalue weighted by atomic mass is 15.1. The Hall–Kier alpha value is -0.860. The molecule has 0 aromatic heterocycles. The molecule has 0 amide bonds. The predicted molar refractivity (Wildman–Crippen MR) is 91.9 cm³/mol. The lowest BCUT2D eigenvalue weighted by Crippen LogP contribution is -2.33. The number of rotatable bonds is 7. The van der Waals surface area contributed by atoms with Gasteiger partial charge in [0.2, 0.25) is 0 Å². The van der Waals surface area contributed by atoms with Crippen molar-refractivity contribution in [3.05, 3.63) is 34.9 Å². The standard InChI is InChI=1S/C19H32N2/c1-4-9-20-19(8-12-21-10-6-5-7-11-21)18-14-16(2)13-17(3)15-18/h13-15,19-20H,4-12H2,1-3H3. The molecule has 1 aromatic carbocycles. The van der Waals surface area contributed by atoms with Crippen LogP contribution in [0, 0.1) is 13.8 Å². The normalized spacial score (nSPS) is 17.9. The molecule has 0 saturated carbocycles. The van der Waals surface area contributed by atoms with Crippen molar-refractivity contribution >= 4 is 0 Å². The molecule has 118 valence electrons. The molecule has 1 aliphatic heterocycles. The number of hydrogen-bond acceptors (Lipinski definition) is 2. The molecule has 1 aromatic rings. The van der Waals surface area contributed by atoms with Crippen molar-refractivity contribution < 1.29 is 0 Å². The maximum Gasteiger partial charge on any atom is 0.0332 e. The van der Waals surface area contributed by atoms with Crippen LogP contribution >= 0.6 is 0 Å². The summed E-state index contributed by atoms with van der Waals surface area (Å²) < 4.78 is 0. The lowest BCUT2D eigenvalue weighted by molar-refractivity contribution is 0.217. The highest BCUT2D eigenvalue weighted by Gasteiger charge is 2.15. The van der Waals surface area contributed by atoms with E-state index in [-0.39, 0.29) is 0 Å². The number of aryl methyl sites for hydroxylation is 2. The maximum absolute atomic E-state index is 3.75. The van der Waals surface area contributed by atoms with Crippen molar-refractivity contribution in [1.29, 1.82) is 0 Å². The summed E-state index contributed by atoms with van der Waals surface area (Å²) in [6, 6.07) is 7.49. The lowest BCUT2D eigenvalue weighted by atomic mass is 9.98. The van der Waals surface area contributed by atoms with Crippen LogP contribution in [0.3, 0.4) is 0 Å². The summed E-state index contributed by atoms with van der Waals surface area (Å²) >= 11 is 0. The average Bonchev–Trinajstić information content (AvgIpc) is 2.47. The molecule has 21 heavy (non-hydrogen) atoms. The summed E-state index contributed by atoms with van der Waals surface area (Å²) in [5, 5.41) is 3.75. The quantitative estimate of drug-likeness (QED) is 0.808. The molecule has 1 heterocycles. The number of nitrogens with one attached hydrogen (secondary N) is 1. The molecule has 0 radical (unpaired) electrons. The van der Waals surface area contributed by atoms with Crippen LogP contribution in [0.5, 0.6) is 0 Å². The van der Waals surface area contributed by atoms with E-state index in [1.54, 1.807) is 0 Å². The van der Waals surface area contributed by atoms with E-state index in [9.17, 15) is 0 Å². The first kappa shape index (κ1) is 16.5. The molecule has 0 spiro atoms. The molecule has 2 rings (SSSR count). The first-order valence-electron chi connectivity index (χ1n) is 8.73. The fraction of sp³-hybridized carbons (Fsp3) is 0.684. The summed E-state index contributed by atoms with van der Waals surface area (Å²) in [6.07, 6.45) is 6.62. The van der Waals surface area contributed by atoms with Crippen molar-refractivity contribution in [2.45, 2.75) is 58.9 Å². The Balaban J connectivity index is 1.98. The second-order valence-corrected chi connectivity index (χ2v) is 6.62. The van der Waals surface area contributed by atoms with Crippen LogP contribution in [-0.4, -0.2) is 31.1 Å². The summed E-state index contributed by atoms with van der Waals surface area (Å²) in [6.45, 7) is 11.6. The van der Waals surface area contributed by atoms with Gasteiger partial charge in [-0.25, -0.2) is 0 Å². The van der Waals surface area contributed by atoms with Gasteiger partial charge in [-0.3, -0.25) is 0 Å². The van der Waals surface area contributed by atoms with Crippen LogP contribution in [0.4, 0.5) is 0 Å². The average molecular weight is 288 g/mol. The molecule has 1 unspecified atom stereocenters. The highest BCUT2D eigenvalue weighted by molar-refractivity contribution is 5.30. The van der Waals surface area contributed by atoms with E-state index in [0.29, 0.717) is 6.04 Å². The van der Waals surface area contributed by atoms with Crippen molar-refractivity contribution in [2.24, 2.45) is 0 Å². The number of piperidine rings is 1. The molecular weight excluding hydrogens is 256 g/mol. The van der Waals surface area contributed by atoms with Crippen LogP contribution in [-0.2, 0) is 0 Å². The highest BCUT2D eigenvalue weighted by Crippen LogP contribution is 2.21. The molecule has 1 aliphatic rings. The number of likely N-dealkylation sites (tertiary alicyclic amines) is 1.